The van der Waals surface area contributed by atoms with Gasteiger partial charge in [-0.3, -0.25) is 9.69 Å². The van der Waals surface area contributed by atoms with Crippen molar-refractivity contribution in [3.05, 3.63) is 29.0 Å². The fraction of sp³-hybridized carbons (Fsp3) is 0.500. The minimum Gasteiger partial charge on any atom is -0.311 e. The number of hydrogen-bond acceptors (Lipinski definition) is 4. The van der Waals surface area contributed by atoms with Gasteiger partial charge in [0.2, 0.25) is 5.91 Å². The Balaban J connectivity index is 1.73. The molecule has 1 amide bonds. The topological polar surface area (TPSA) is 57.7 Å². The van der Waals surface area contributed by atoms with Crippen molar-refractivity contribution in [3.63, 3.8) is 0 Å². The lowest BCUT2D eigenvalue weighted by Crippen LogP contribution is -2.49. The monoisotopic (exact) mass is 346 g/mol. The van der Waals surface area contributed by atoms with E-state index in [0.29, 0.717) is 31.7 Å². The highest BCUT2D eigenvalue weighted by Crippen LogP contribution is 2.28. The zero-order chi connectivity index (χ0) is 15.9. The first kappa shape index (κ1) is 15.7. The molecule has 3 rings (SSSR count). The summed E-state index contributed by atoms with van der Waals surface area (Å²) in [6.45, 7) is 1.25. The lowest BCUT2D eigenvalue weighted by atomic mass is 10.2. The molecule has 2 fully saturated rings. The third-order valence-corrected chi connectivity index (χ3v) is 6.13. The minimum absolute atomic E-state index is 0.0215. The van der Waals surface area contributed by atoms with E-state index in [9.17, 15) is 17.6 Å². The Labute approximate surface area is 133 Å². The second-order valence-electron chi connectivity index (χ2n) is 5.58. The van der Waals surface area contributed by atoms with Crippen molar-refractivity contribution in [2.24, 2.45) is 0 Å². The Kier molecular flexibility index (Phi) is 4.13. The highest BCUT2D eigenvalue weighted by molar-refractivity contribution is 7.91. The molecule has 1 aromatic rings. The number of carbonyl (C=O) groups is 1. The fourth-order valence-corrected chi connectivity index (χ4v) is 4.30. The van der Waals surface area contributed by atoms with Crippen LogP contribution in [0, 0.1) is 5.82 Å². The van der Waals surface area contributed by atoms with Crippen molar-refractivity contribution in [1.82, 2.24) is 4.90 Å². The van der Waals surface area contributed by atoms with Crippen LogP contribution in [0.5, 0.6) is 0 Å². The summed E-state index contributed by atoms with van der Waals surface area (Å²) in [6, 6.07) is 3.98. The molecular weight excluding hydrogens is 331 g/mol. The molecular formula is C14H16ClFN2O3S. The van der Waals surface area contributed by atoms with E-state index in [1.165, 1.54) is 17.0 Å². The molecule has 0 radical (unpaired) electrons. The van der Waals surface area contributed by atoms with Crippen LogP contribution in [0.4, 0.5) is 10.1 Å². The number of anilines is 1. The number of nitrogens with zero attached hydrogens (tertiary/aromatic N) is 2. The summed E-state index contributed by atoms with van der Waals surface area (Å²) in [5, 5.41) is 0.0215. The molecule has 2 heterocycles. The molecule has 22 heavy (non-hydrogen) atoms. The van der Waals surface area contributed by atoms with E-state index in [0.717, 1.165) is 0 Å². The fourth-order valence-electron chi connectivity index (χ4n) is 2.95. The van der Waals surface area contributed by atoms with Crippen LogP contribution in [0.2, 0.25) is 5.02 Å². The summed E-state index contributed by atoms with van der Waals surface area (Å²) in [4.78, 5) is 16.0. The van der Waals surface area contributed by atoms with Gasteiger partial charge in [-0.25, -0.2) is 12.8 Å². The van der Waals surface area contributed by atoms with Gasteiger partial charge in [0.1, 0.15) is 5.82 Å². The first-order valence-corrected chi connectivity index (χ1v) is 9.28. The molecule has 1 atom stereocenters. The Hall–Kier alpha value is -1.18. The number of hydrogen-bond donors (Lipinski definition) is 0. The molecule has 1 aromatic carbocycles. The SMILES string of the molecule is O=C1C(N2CCS(=O)(=O)CC2)CCN1c1ccc(Cl)c(F)c1. The third kappa shape index (κ3) is 2.98. The van der Waals surface area contributed by atoms with Crippen LogP contribution in [-0.2, 0) is 14.6 Å². The van der Waals surface area contributed by atoms with Crippen molar-refractivity contribution in [2.75, 3.05) is 36.0 Å². The average Bonchev–Trinajstić information content (AvgIpc) is 2.84. The Morgan fingerprint density at radius 2 is 1.86 bits per heavy atom. The van der Waals surface area contributed by atoms with Crippen LogP contribution in [0.25, 0.3) is 0 Å². The van der Waals surface area contributed by atoms with Gasteiger partial charge in [0.05, 0.1) is 22.6 Å². The van der Waals surface area contributed by atoms with Crippen molar-refractivity contribution < 1.29 is 17.6 Å². The number of halogens is 2. The molecule has 0 saturated carbocycles. The summed E-state index contributed by atoms with van der Waals surface area (Å²) >= 11 is 5.66. The van der Waals surface area contributed by atoms with E-state index in [2.05, 4.69) is 0 Å². The first-order chi connectivity index (χ1) is 10.4. The van der Waals surface area contributed by atoms with Gasteiger partial charge in [0, 0.05) is 25.3 Å². The second kappa shape index (κ2) is 5.79. The molecule has 0 bridgehead atoms. The quantitative estimate of drug-likeness (QED) is 0.810. The molecule has 5 nitrogen and oxygen atoms in total. The van der Waals surface area contributed by atoms with Crippen LogP contribution < -0.4 is 4.90 Å². The van der Waals surface area contributed by atoms with Crippen molar-refractivity contribution in [2.45, 2.75) is 12.5 Å². The highest BCUT2D eigenvalue weighted by Gasteiger charge is 2.38. The second-order valence-corrected chi connectivity index (χ2v) is 8.29. The third-order valence-electron chi connectivity index (χ3n) is 4.21. The molecule has 0 aromatic heterocycles. The van der Waals surface area contributed by atoms with E-state index in [1.807, 2.05) is 4.90 Å². The van der Waals surface area contributed by atoms with Crippen LogP contribution in [0.15, 0.2) is 18.2 Å². The van der Waals surface area contributed by atoms with E-state index in [4.69, 9.17) is 11.6 Å². The molecule has 120 valence electrons. The van der Waals surface area contributed by atoms with Gasteiger partial charge in [-0.2, -0.15) is 0 Å². The number of sulfone groups is 1. The number of rotatable bonds is 2. The van der Waals surface area contributed by atoms with E-state index in [-0.39, 0.29) is 28.5 Å². The summed E-state index contributed by atoms with van der Waals surface area (Å²) in [7, 11) is -2.97. The van der Waals surface area contributed by atoms with E-state index >= 15 is 0 Å². The largest absolute Gasteiger partial charge is 0.311 e. The zero-order valence-corrected chi connectivity index (χ0v) is 13.4. The van der Waals surface area contributed by atoms with E-state index < -0.39 is 15.7 Å². The summed E-state index contributed by atoms with van der Waals surface area (Å²) in [5.74, 6) is -0.487. The summed E-state index contributed by atoms with van der Waals surface area (Å²) < 4.78 is 36.5. The van der Waals surface area contributed by atoms with Gasteiger partial charge in [-0.1, -0.05) is 11.6 Å². The van der Waals surface area contributed by atoms with Crippen LogP contribution in [0.3, 0.4) is 0 Å². The van der Waals surface area contributed by atoms with E-state index in [1.54, 1.807) is 6.07 Å². The molecule has 0 N–H and O–H groups in total. The van der Waals surface area contributed by atoms with Crippen molar-refractivity contribution >= 4 is 33.0 Å². The lowest BCUT2D eigenvalue weighted by Gasteiger charge is -2.31. The Morgan fingerprint density at radius 1 is 1.18 bits per heavy atom. The van der Waals surface area contributed by atoms with Gasteiger partial charge >= 0.3 is 0 Å². The lowest BCUT2D eigenvalue weighted by molar-refractivity contribution is -0.121. The van der Waals surface area contributed by atoms with Crippen LogP contribution >= 0.6 is 11.6 Å². The molecule has 2 saturated heterocycles. The van der Waals surface area contributed by atoms with Gasteiger partial charge < -0.3 is 4.90 Å². The minimum atomic E-state index is -2.97. The summed E-state index contributed by atoms with van der Waals surface area (Å²) in [6.07, 6.45) is 0.614. The predicted molar refractivity (Wildman–Crippen MR) is 82.4 cm³/mol. The molecule has 0 aliphatic carbocycles. The maximum atomic E-state index is 13.5. The Bertz CT molecular complexity index is 696. The average molecular weight is 347 g/mol. The number of benzene rings is 1. The predicted octanol–water partition coefficient (Wildman–Crippen LogP) is 1.31. The van der Waals surface area contributed by atoms with Crippen LogP contribution in [0.1, 0.15) is 6.42 Å². The zero-order valence-electron chi connectivity index (χ0n) is 11.8. The smallest absolute Gasteiger partial charge is 0.244 e. The molecule has 1 unspecified atom stereocenters. The standard InChI is InChI=1S/C14H16ClFN2O3S/c15-11-2-1-10(9-12(11)16)18-4-3-13(14(18)19)17-5-7-22(20,21)8-6-17/h1-2,9,13H,3-8H2. The van der Waals surface area contributed by atoms with Gasteiger partial charge in [0.15, 0.2) is 9.84 Å². The number of carbonyl (C=O) groups excluding carboxylic acids is 1. The van der Waals surface area contributed by atoms with Crippen molar-refractivity contribution in [1.29, 1.82) is 0 Å². The first-order valence-electron chi connectivity index (χ1n) is 7.08. The van der Waals surface area contributed by atoms with Gasteiger partial charge in [0.25, 0.3) is 0 Å². The van der Waals surface area contributed by atoms with Gasteiger partial charge in [-0.05, 0) is 24.6 Å². The summed E-state index contributed by atoms with van der Waals surface area (Å²) in [5.41, 5.74) is 0.485. The van der Waals surface area contributed by atoms with Gasteiger partial charge in [-0.15, -0.1) is 0 Å². The molecule has 0 spiro atoms. The molecule has 2 aliphatic heterocycles. The Morgan fingerprint density at radius 3 is 2.50 bits per heavy atom. The normalized spacial score (nSPS) is 25.6. The van der Waals surface area contributed by atoms with Crippen LogP contribution in [-0.4, -0.2) is 56.4 Å². The molecule has 2 aliphatic rings. The highest BCUT2D eigenvalue weighted by atomic mass is 35.5. The maximum Gasteiger partial charge on any atom is 0.244 e. The number of amides is 1. The molecule has 8 heteroatoms. The maximum absolute atomic E-state index is 13.5. The van der Waals surface area contributed by atoms with Crippen molar-refractivity contribution in [3.8, 4) is 0 Å².